The van der Waals surface area contributed by atoms with Crippen LogP contribution in [-0.2, 0) is 4.79 Å². The van der Waals surface area contributed by atoms with Crippen molar-refractivity contribution in [3.05, 3.63) is 23.9 Å². The summed E-state index contributed by atoms with van der Waals surface area (Å²) in [5, 5.41) is 0. The zero-order chi connectivity index (χ0) is 15.0. The number of hydrogen-bond acceptors (Lipinski definition) is 4. The van der Waals surface area contributed by atoms with E-state index < -0.39 is 0 Å². The molecule has 2 N–H and O–H groups in total. The molecule has 6 heteroatoms. The van der Waals surface area contributed by atoms with Crippen LogP contribution < -0.4 is 5.73 Å². The highest BCUT2D eigenvalue weighted by Gasteiger charge is 2.48. The first-order valence-corrected chi connectivity index (χ1v) is 7.28. The van der Waals surface area contributed by atoms with Crippen molar-refractivity contribution in [3.63, 3.8) is 0 Å². The maximum absolute atomic E-state index is 12.5. The van der Waals surface area contributed by atoms with Gasteiger partial charge in [-0.2, -0.15) is 0 Å². The Morgan fingerprint density at radius 1 is 1.38 bits per heavy atom. The molecule has 0 bridgehead atoms. The normalized spacial score (nSPS) is 25.7. The number of amides is 2. The van der Waals surface area contributed by atoms with E-state index in [1.807, 2.05) is 7.05 Å². The van der Waals surface area contributed by atoms with E-state index in [1.54, 1.807) is 21.9 Å². The van der Waals surface area contributed by atoms with Crippen molar-refractivity contribution in [3.8, 4) is 0 Å². The van der Waals surface area contributed by atoms with Gasteiger partial charge < -0.3 is 15.5 Å². The molecule has 0 aromatic carbocycles. The molecule has 21 heavy (non-hydrogen) atoms. The molecule has 1 spiro atoms. The second-order valence-corrected chi connectivity index (χ2v) is 6.06. The Labute approximate surface area is 123 Å². The van der Waals surface area contributed by atoms with Crippen molar-refractivity contribution in [2.45, 2.75) is 19.3 Å². The third kappa shape index (κ3) is 2.34. The molecule has 112 valence electrons. The molecule has 1 aromatic heterocycles. The first-order chi connectivity index (χ1) is 10.0. The Bertz CT molecular complexity index is 589. The van der Waals surface area contributed by atoms with E-state index in [0.29, 0.717) is 24.5 Å². The molecule has 0 aliphatic carbocycles. The number of rotatable bonds is 1. The van der Waals surface area contributed by atoms with Crippen molar-refractivity contribution >= 4 is 17.6 Å². The second-order valence-electron chi connectivity index (χ2n) is 6.06. The molecule has 2 aliphatic rings. The number of nitrogens with zero attached hydrogens (tertiary/aromatic N) is 3. The van der Waals surface area contributed by atoms with Crippen LogP contribution in [0.1, 0.15) is 29.6 Å². The van der Waals surface area contributed by atoms with E-state index in [0.717, 1.165) is 25.8 Å². The van der Waals surface area contributed by atoms with E-state index in [9.17, 15) is 9.59 Å². The second kappa shape index (κ2) is 5.02. The van der Waals surface area contributed by atoms with Gasteiger partial charge in [0, 0.05) is 38.4 Å². The minimum absolute atomic E-state index is 0.0676. The van der Waals surface area contributed by atoms with E-state index in [2.05, 4.69) is 4.98 Å². The minimum atomic E-state index is -0.374. The number of aromatic nitrogens is 1. The summed E-state index contributed by atoms with van der Waals surface area (Å²) in [6.07, 6.45) is 4.17. The lowest BCUT2D eigenvalue weighted by molar-refractivity contribution is -0.143. The Kier molecular flexibility index (Phi) is 3.31. The number of anilines is 1. The number of piperidine rings is 1. The van der Waals surface area contributed by atoms with Crippen LogP contribution >= 0.6 is 0 Å². The average Bonchev–Trinajstić information content (AvgIpc) is 2.89. The zero-order valence-corrected chi connectivity index (χ0v) is 12.2. The van der Waals surface area contributed by atoms with Gasteiger partial charge in [0.15, 0.2) is 0 Å². The summed E-state index contributed by atoms with van der Waals surface area (Å²) in [5.74, 6) is 0.448. The predicted octanol–water partition coefficient (Wildman–Crippen LogP) is 0.748. The SMILES string of the molecule is CN1CCC[C@]2(CCN(C(=O)c3ccnc(N)c3)C2)C1=O. The van der Waals surface area contributed by atoms with Crippen LogP contribution in [0.15, 0.2) is 18.3 Å². The highest BCUT2D eigenvalue weighted by Crippen LogP contribution is 2.40. The van der Waals surface area contributed by atoms with Gasteiger partial charge in [0.2, 0.25) is 5.91 Å². The summed E-state index contributed by atoms with van der Waals surface area (Å²) in [6, 6.07) is 3.25. The third-order valence-corrected chi connectivity index (χ3v) is 4.62. The quantitative estimate of drug-likeness (QED) is 0.827. The lowest BCUT2D eigenvalue weighted by Crippen LogP contribution is -2.48. The van der Waals surface area contributed by atoms with Gasteiger partial charge in [0.1, 0.15) is 5.82 Å². The van der Waals surface area contributed by atoms with Crippen LogP contribution in [0, 0.1) is 5.41 Å². The fourth-order valence-corrected chi connectivity index (χ4v) is 3.46. The van der Waals surface area contributed by atoms with Gasteiger partial charge in [-0.05, 0) is 31.4 Å². The standard InChI is InChI=1S/C15H20N4O2/c1-18-7-2-4-15(14(18)21)5-8-19(10-15)13(20)11-3-6-17-12(16)9-11/h3,6,9H,2,4-5,7-8,10H2,1H3,(H2,16,17)/t15-/m1/s1. The fourth-order valence-electron chi connectivity index (χ4n) is 3.46. The van der Waals surface area contributed by atoms with Gasteiger partial charge in [-0.15, -0.1) is 0 Å². The Morgan fingerprint density at radius 3 is 2.95 bits per heavy atom. The predicted molar refractivity (Wildman–Crippen MR) is 78.5 cm³/mol. The monoisotopic (exact) mass is 288 g/mol. The van der Waals surface area contributed by atoms with Gasteiger partial charge in [-0.3, -0.25) is 9.59 Å². The number of carbonyl (C=O) groups is 2. The van der Waals surface area contributed by atoms with Crippen molar-refractivity contribution in [2.75, 3.05) is 32.4 Å². The number of nitrogens with two attached hydrogens (primary N) is 1. The van der Waals surface area contributed by atoms with Crippen molar-refractivity contribution < 1.29 is 9.59 Å². The Morgan fingerprint density at radius 2 is 2.19 bits per heavy atom. The van der Waals surface area contributed by atoms with Crippen LogP contribution in [0.3, 0.4) is 0 Å². The fraction of sp³-hybridized carbons (Fsp3) is 0.533. The summed E-state index contributed by atoms with van der Waals surface area (Å²) in [5.41, 5.74) is 5.79. The molecule has 0 radical (unpaired) electrons. The van der Waals surface area contributed by atoms with E-state index in [-0.39, 0.29) is 17.2 Å². The summed E-state index contributed by atoms with van der Waals surface area (Å²) in [7, 11) is 1.84. The molecule has 3 heterocycles. The highest BCUT2D eigenvalue weighted by molar-refractivity contribution is 5.96. The topological polar surface area (TPSA) is 79.5 Å². The number of carbonyl (C=O) groups excluding carboxylic acids is 2. The number of hydrogen-bond donors (Lipinski definition) is 1. The van der Waals surface area contributed by atoms with E-state index >= 15 is 0 Å². The van der Waals surface area contributed by atoms with Crippen molar-refractivity contribution in [1.29, 1.82) is 0 Å². The number of likely N-dealkylation sites (tertiary alicyclic amines) is 2. The van der Waals surface area contributed by atoms with E-state index in [4.69, 9.17) is 5.73 Å². The van der Waals surface area contributed by atoms with Crippen molar-refractivity contribution in [2.24, 2.45) is 5.41 Å². The maximum Gasteiger partial charge on any atom is 0.254 e. The molecule has 3 rings (SSSR count). The van der Waals surface area contributed by atoms with Crippen LogP contribution in [0.25, 0.3) is 0 Å². The Balaban J connectivity index is 1.78. The lowest BCUT2D eigenvalue weighted by Gasteiger charge is -2.37. The van der Waals surface area contributed by atoms with Gasteiger partial charge >= 0.3 is 0 Å². The lowest BCUT2D eigenvalue weighted by atomic mass is 9.78. The van der Waals surface area contributed by atoms with Gasteiger partial charge in [0.25, 0.3) is 5.91 Å². The van der Waals surface area contributed by atoms with Crippen LogP contribution in [0.2, 0.25) is 0 Å². The molecular formula is C15H20N4O2. The molecule has 1 atom stereocenters. The minimum Gasteiger partial charge on any atom is -0.384 e. The van der Waals surface area contributed by atoms with Crippen molar-refractivity contribution in [1.82, 2.24) is 14.8 Å². The summed E-state index contributed by atoms with van der Waals surface area (Å²) >= 11 is 0. The number of nitrogen functional groups attached to an aromatic ring is 1. The van der Waals surface area contributed by atoms with Gasteiger partial charge in [-0.25, -0.2) is 4.98 Å². The van der Waals surface area contributed by atoms with Crippen LogP contribution in [0.4, 0.5) is 5.82 Å². The third-order valence-electron chi connectivity index (χ3n) is 4.62. The highest BCUT2D eigenvalue weighted by atomic mass is 16.2. The number of pyridine rings is 1. The first kappa shape index (κ1) is 13.9. The summed E-state index contributed by atoms with van der Waals surface area (Å²) in [6.45, 7) is 1.95. The van der Waals surface area contributed by atoms with Gasteiger partial charge in [-0.1, -0.05) is 0 Å². The molecule has 2 saturated heterocycles. The zero-order valence-electron chi connectivity index (χ0n) is 12.2. The molecule has 2 amide bonds. The van der Waals surface area contributed by atoms with Crippen LogP contribution in [0.5, 0.6) is 0 Å². The largest absolute Gasteiger partial charge is 0.384 e. The molecule has 1 aromatic rings. The molecule has 2 aliphatic heterocycles. The Hall–Kier alpha value is -2.11. The average molecular weight is 288 g/mol. The van der Waals surface area contributed by atoms with E-state index in [1.165, 1.54) is 6.20 Å². The summed E-state index contributed by atoms with van der Waals surface area (Å²) in [4.78, 5) is 32.5. The van der Waals surface area contributed by atoms with Crippen LogP contribution in [-0.4, -0.2) is 53.3 Å². The summed E-state index contributed by atoms with van der Waals surface area (Å²) < 4.78 is 0. The maximum atomic E-state index is 12.5. The molecule has 0 unspecified atom stereocenters. The first-order valence-electron chi connectivity index (χ1n) is 7.28. The molecule has 0 saturated carbocycles. The molecule has 2 fully saturated rings. The molecule has 6 nitrogen and oxygen atoms in total. The van der Waals surface area contributed by atoms with Gasteiger partial charge in [0.05, 0.1) is 5.41 Å². The smallest absolute Gasteiger partial charge is 0.254 e. The molecular weight excluding hydrogens is 268 g/mol.